The molecule has 0 spiro atoms. The molecule has 1 aromatic carbocycles. The first-order valence-electron chi connectivity index (χ1n) is 5.15. The van der Waals surface area contributed by atoms with E-state index in [4.69, 9.17) is 5.73 Å². The molecule has 98 valence electrons. The summed E-state index contributed by atoms with van der Waals surface area (Å²) in [6.45, 7) is 0. The molecule has 1 aromatic heterocycles. The van der Waals surface area contributed by atoms with Crippen LogP contribution in [0.2, 0.25) is 0 Å². The van der Waals surface area contributed by atoms with E-state index < -0.39 is 11.7 Å². The normalized spacial score (nSPS) is 10.3. The highest BCUT2D eigenvalue weighted by Gasteiger charge is 2.11. The molecule has 0 radical (unpaired) electrons. The Bertz CT molecular complexity index is 649. The fourth-order valence-corrected chi connectivity index (χ4v) is 2.21. The van der Waals surface area contributed by atoms with E-state index >= 15 is 0 Å². The number of hydrogen-bond acceptors (Lipinski definition) is 3. The Balaban J connectivity index is 2.23. The van der Waals surface area contributed by atoms with Gasteiger partial charge in [0.2, 0.25) is 0 Å². The lowest BCUT2D eigenvalue weighted by molar-refractivity contribution is 0.102. The SMILES string of the molecule is Nc1cnc(NC(=O)c2ccc(F)c(Br)c2)c(Br)c1. The molecule has 4 nitrogen and oxygen atoms in total. The molecule has 19 heavy (non-hydrogen) atoms. The van der Waals surface area contributed by atoms with E-state index in [-0.39, 0.29) is 4.47 Å². The summed E-state index contributed by atoms with van der Waals surface area (Å²) in [5, 5.41) is 2.60. The van der Waals surface area contributed by atoms with Gasteiger partial charge in [-0.3, -0.25) is 4.79 Å². The number of hydrogen-bond donors (Lipinski definition) is 2. The Morgan fingerprint density at radius 1 is 1.26 bits per heavy atom. The van der Waals surface area contributed by atoms with Crippen LogP contribution in [0.3, 0.4) is 0 Å². The van der Waals surface area contributed by atoms with Crippen LogP contribution < -0.4 is 11.1 Å². The summed E-state index contributed by atoms with van der Waals surface area (Å²) < 4.78 is 13.9. The number of amides is 1. The van der Waals surface area contributed by atoms with E-state index in [0.29, 0.717) is 21.5 Å². The number of nitrogens with zero attached hydrogens (tertiary/aromatic N) is 1. The average Bonchev–Trinajstić information content (AvgIpc) is 2.36. The molecular weight excluding hydrogens is 381 g/mol. The van der Waals surface area contributed by atoms with Crippen molar-refractivity contribution >= 4 is 49.3 Å². The summed E-state index contributed by atoms with van der Waals surface area (Å²) >= 11 is 6.28. The zero-order chi connectivity index (χ0) is 14.0. The van der Waals surface area contributed by atoms with Crippen molar-refractivity contribution in [3.05, 3.63) is 50.8 Å². The molecule has 0 aliphatic rings. The van der Waals surface area contributed by atoms with E-state index in [9.17, 15) is 9.18 Å². The first kappa shape index (κ1) is 14.0. The van der Waals surface area contributed by atoms with Gasteiger partial charge in [-0.05, 0) is 56.1 Å². The highest BCUT2D eigenvalue weighted by atomic mass is 79.9. The zero-order valence-corrected chi connectivity index (χ0v) is 12.6. The predicted octanol–water partition coefficient (Wildman–Crippen LogP) is 3.58. The molecular formula is C12H8Br2FN3O. The smallest absolute Gasteiger partial charge is 0.256 e. The molecule has 0 aliphatic heterocycles. The lowest BCUT2D eigenvalue weighted by Gasteiger charge is -2.07. The molecule has 0 unspecified atom stereocenters. The van der Waals surface area contributed by atoms with E-state index in [1.807, 2.05) is 0 Å². The van der Waals surface area contributed by atoms with Gasteiger partial charge in [0.25, 0.3) is 5.91 Å². The van der Waals surface area contributed by atoms with Gasteiger partial charge in [-0.25, -0.2) is 9.37 Å². The Hall–Kier alpha value is -1.47. The van der Waals surface area contributed by atoms with Crippen LogP contribution in [0.15, 0.2) is 39.4 Å². The van der Waals surface area contributed by atoms with Gasteiger partial charge in [0.15, 0.2) is 0 Å². The van der Waals surface area contributed by atoms with Crippen LogP contribution in [0.25, 0.3) is 0 Å². The average molecular weight is 389 g/mol. The second-order valence-corrected chi connectivity index (χ2v) is 5.39. The van der Waals surface area contributed by atoms with Crippen molar-refractivity contribution in [2.75, 3.05) is 11.1 Å². The van der Waals surface area contributed by atoms with Crippen LogP contribution in [0.1, 0.15) is 10.4 Å². The first-order valence-corrected chi connectivity index (χ1v) is 6.73. The van der Waals surface area contributed by atoms with Gasteiger partial charge < -0.3 is 11.1 Å². The number of rotatable bonds is 2. The minimum Gasteiger partial charge on any atom is -0.397 e. The van der Waals surface area contributed by atoms with Crippen molar-refractivity contribution in [2.45, 2.75) is 0 Å². The third-order valence-electron chi connectivity index (χ3n) is 2.28. The summed E-state index contributed by atoms with van der Waals surface area (Å²) in [6.07, 6.45) is 1.43. The molecule has 2 rings (SSSR count). The van der Waals surface area contributed by atoms with Crippen LogP contribution in [0.4, 0.5) is 15.9 Å². The van der Waals surface area contributed by atoms with E-state index in [1.165, 1.54) is 24.4 Å². The summed E-state index contributed by atoms with van der Waals surface area (Å²) in [7, 11) is 0. The van der Waals surface area contributed by atoms with Crippen LogP contribution in [-0.2, 0) is 0 Å². The number of aromatic nitrogens is 1. The standard InChI is InChI=1S/C12H8Br2FN3O/c13-8-3-6(1-2-10(8)15)12(19)18-11-9(14)4-7(16)5-17-11/h1-5H,16H2,(H,17,18,19). The summed E-state index contributed by atoms with van der Waals surface area (Å²) in [4.78, 5) is 16.0. The highest BCUT2D eigenvalue weighted by molar-refractivity contribution is 9.10. The molecule has 1 amide bonds. The lowest BCUT2D eigenvalue weighted by atomic mass is 10.2. The summed E-state index contributed by atoms with van der Waals surface area (Å²) in [6, 6.07) is 5.63. The number of benzene rings is 1. The molecule has 3 N–H and O–H groups in total. The van der Waals surface area contributed by atoms with Crippen molar-refractivity contribution in [1.82, 2.24) is 4.98 Å². The number of carbonyl (C=O) groups excluding carboxylic acids is 1. The molecule has 7 heteroatoms. The van der Waals surface area contributed by atoms with Gasteiger partial charge >= 0.3 is 0 Å². The maximum absolute atomic E-state index is 13.1. The second kappa shape index (κ2) is 5.66. The quantitative estimate of drug-likeness (QED) is 0.826. The van der Waals surface area contributed by atoms with Crippen molar-refractivity contribution in [2.24, 2.45) is 0 Å². The van der Waals surface area contributed by atoms with E-state index in [0.717, 1.165) is 0 Å². The third kappa shape index (κ3) is 3.30. The monoisotopic (exact) mass is 387 g/mol. The van der Waals surface area contributed by atoms with Gasteiger partial charge in [0.05, 0.1) is 20.8 Å². The maximum atomic E-state index is 13.1. The summed E-state index contributed by atoms with van der Waals surface area (Å²) in [5.74, 6) is -0.471. The van der Waals surface area contributed by atoms with Gasteiger partial charge in [-0.2, -0.15) is 0 Å². The van der Waals surface area contributed by atoms with Crippen LogP contribution >= 0.6 is 31.9 Å². The number of anilines is 2. The Kier molecular flexibility index (Phi) is 4.16. The number of carbonyl (C=O) groups is 1. The molecule has 0 fully saturated rings. The van der Waals surface area contributed by atoms with Crippen LogP contribution in [0.5, 0.6) is 0 Å². The Labute approximate surface area is 125 Å². The van der Waals surface area contributed by atoms with E-state index in [1.54, 1.807) is 6.07 Å². The van der Waals surface area contributed by atoms with Crippen molar-refractivity contribution in [3.63, 3.8) is 0 Å². The van der Waals surface area contributed by atoms with Gasteiger partial charge in [0.1, 0.15) is 11.6 Å². The predicted molar refractivity (Wildman–Crippen MR) is 78.4 cm³/mol. The van der Waals surface area contributed by atoms with Crippen LogP contribution in [0, 0.1) is 5.82 Å². The fourth-order valence-electron chi connectivity index (χ4n) is 1.36. The van der Waals surface area contributed by atoms with Gasteiger partial charge in [-0.15, -0.1) is 0 Å². The van der Waals surface area contributed by atoms with Gasteiger partial charge in [0, 0.05) is 5.56 Å². The lowest BCUT2D eigenvalue weighted by Crippen LogP contribution is -2.13. The molecule has 0 saturated carbocycles. The number of pyridine rings is 1. The maximum Gasteiger partial charge on any atom is 0.256 e. The molecule has 0 atom stereocenters. The van der Waals surface area contributed by atoms with Crippen LogP contribution in [-0.4, -0.2) is 10.9 Å². The van der Waals surface area contributed by atoms with Gasteiger partial charge in [-0.1, -0.05) is 0 Å². The Morgan fingerprint density at radius 3 is 2.63 bits per heavy atom. The second-order valence-electron chi connectivity index (χ2n) is 3.68. The Morgan fingerprint density at radius 2 is 2.00 bits per heavy atom. The topological polar surface area (TPSA) is 68.0 Å². The van der Waals surface area contributed by atoms with Crippen molar-refractivity contribution in [1.29, 1.82) is 0 Å². The molecule has 2 aromatic rings. The molecule has 0 aliphatic carbocycles. The third-order valence-corrected chi connectivity index (χ3v) is 3.49. The first-order chi connectivity index (χ1) is 8.97. The number of nitrogen functional groups attached to an aromatic ring is 1. The minimum atomic E-state index is -0.427. The fraction of sp³-hybridized carbons (Fsp3) is 0. The number of halogens is 3. The molecule has 1 heterocycles. The zero-order valence-electron chi connectivity index (χ0n) is 9.45. The molecule has 0 saturated heterocycles. The summed E-state index contributed by atoms with van der Waals surface area (Å²) in [5.41, 5.74) is 6.35. The largest absolute Gasteiger partial charge is 0.397 e. The number of nitrogens with two attached hydrogens (primary N) is 1. The van der Waals surface area contributed by atoms with Crippen molar-refractivity contribution in [3.8, 4) is 0 Å². The molecule has 0 bridgehead atoms. The van der Waals surface area contributed by atoms with Crippen molar-refractivity contribution < 1.29 is 9.18 Å². The number of nitrogens with one attached hydrogen (secondary N) is 1. The van der Waals surface area contributed by atoms with E-state index in [2.05, 4.69) is 42.2 Å². The highest BCUT2D eigenvalue weighted by Crippen LogP contribution is 2.23. The minimum absolute atomic E-state index is 0.226.